The van der Waals surface area contributed by atoms with Gasteiger partial charge in [-0.25, -0.2) is 0 Å². The third-order valence-electron chi connectivity index (χ3n) is 7.87. The Morgan fingerprint density at radius 3 is 2.48 bits per heavy atom. The van der Waals surface area contributed by atoms with Gasteiger partial charge in [-0.15, -0.1) is 0 Å². The van der Waals surface area contributed by atoms with Gasteiger partial charge >= 0.3 is 0 Å². The summed E-state index contributed by atoms with van der Waals surface area (Å²) in [5.74, 6) is 1.48. The molecule has 29 heavy (non-hydrogen) atoms. The number of amides is 1. The fraction of sp³-hybridized carbons (Fsp3) is 0.542. The Balaban J connectivity index is 1.32. The highest BCUT2D eigenvalue weighted by Gasteiger charge is 2.51. The zero-order chi connectivity index (χ0) is 19.6. The van der Waals surface area contributed by atoms with Gasteiger partial charge in [-0.2, -0.15) is 0 Å². The van der Waals surface area contributed by atoms with E-state index < -0.39 is 5.72 Å². The molecule has 2 aromatic carbocycles. The van der Waals surface area contributed by atoms with Crippen molar-refractivity contribution in [2.24, 2.45) is 5.41 Å². The second-order valence-corrected chi connectivity index (χ2v) is 9.63. The average molecular weight is 392 g/mol. The first-order valence-electron chi connectivity index (χ1n) is 11.0. The molecule has 0 radical (unpaired) electrons. The van der Waals surface area contributed by atoms with Crippen molar-refractivity contribution < 1.29 is 14.3 Å². The summed E-state index contributed by atoms with van der Waals surface area (Å²) in [6.07, 6.45) is 9.25. The highest BCUT2D eigenvalue weighted by Crippen LogP contribution is 2.53. The van der Waals surface area contributed by atoms with Gasteiger partial charge in [0.05, 0.1) is 12.7 Å². The van der Waals surface area contributed by atoms with Crippen LogP contribution in [0.25, 0.3) is 10.8 Å². The summed E-state index contributed by atoms with van der Waals surface area (Å²) in [6, 6.07) is 11.2. The van der Waals surface area contributed by atoms with Crippen LogP contribution in [-0.2, 0) is 0 Å². The minimum atomic E-state index is -0.573. The highest BCUT2D eigenvalue weighted by molar-refractivity contribution is 6.05. The Labute approximate surface area is 171 Å². The summed E-state index contributed by atoms with van der Waals surface area (Å²) in [5, 5.41) is 9.03. The minimum Gasteiger partial charge on any atom is -0.497 e. The number of fused-ring (bicyclic) bond motifs is 5. The van der Waals surface area contributed by atoms with Crippen molar-refractivity contribution in [1.29, 1.82) is 0 Å². The highest BCUT2D eigenvalue weighted by atomic mass is 16.5. The zero-order valence-electron chi connectivity index (χ0n) is 16.9. The van der Waals surface area contributed by atoms with E-state index >= 15 is 0 Å². The predicted octanol–water partition coefficient (Wildman–Crippen LogP) is 4.14. The number of rotatable bonds is 1. The van der Waals surface area contributed by atoms with Gasteiger partial charge < -0.3 is 20.1 Å². The van der Waals surface area contributed by atoms with E-state index in [1.807, 2.05) is 30.3 Å². The molecule has 2 bridgehead atoms. The van der Waals surface area contributed by atoms with Crippen LogP contribution in [0.15, 0.2) is 30.3 Å². The number of hydrogen-bond acceptors (Lipinski definition) is 4. The van der Waals surface area contributed by atoms with Gasteiger partial charge in [-0.1, -0.05) is 12.1 Å². The molecule has 2 atom stereocenters. The fourth-order valence-electron chi connectivity index (χ4n) is 6.35. The Kier molecular flexibility index (Phi) is 3.71. The summed E-state index contributed by atoms with van der Waals surface area (Å²) in [5.41, 5.74) is 0.478. The maximum Gasteiger partial charge on any atom is 0.258 e. The third-order valence-corrected chi connectivity index (χ3v) is 7.87. The van der Waals surface area contributed by atoms with E-state index in [1.54, 1.807) is 7.11 Å². The van der Waals surface area contributed by atoms with Crippen LogP contribution in [0.4, 0.5) is 0 Å². The van der Waals surface area contributed by atoms with Crippen molar-refractivity contribution in [2.45, 2.75) is 69.2 Å². The van der Waals surface area contributed by atoms with Crippen molar-refractivity contribution in [3.8, 4) is 11.5 Å². The fourth-order valence-corrected chi connectivity index (χ4v) is 6.35. The molecule has 4 aliphatic rings. The van der Waals surface area contributed by atoms with Crippen LogP contribution in [0.1, 0.15) is 61.7 Å². The average Bonchev–Trinajstić information content (AvgIpc) is 3.09. The van der Waals surface area contributed by atoms with E-state index in [0.717, 1.165) is 42.2 Å². The van der Waals surface area contributed by atoms with E-state index in [9.17, 15) is 4.79 Å². The van der Waals surface area contributed by atoms with E-state index in [-0.39, 0.29) is 5.91 Å². The summed E-state index contributed by atoms with van der Waals surface area (Å²) in [7, 11) is 1.67. The summed E-state index contributed by atoms with van der Waals surface area (Å²) >= 11 is 0. The second kappa shape index (κ2) is 6.11. The lowest BCUT2D eigenvalue weighted by Gasteiger charge is -2.51. The normalized spacial score (nSPS) is 35.4. The van der Waals surface area contributed by atoms with Crippen LogP contribution in [0.3, 0.4) is 0 Å². The number of benzene rings is 2. The van der Waals surface area contributed by atoms with Crippen LogP contribution in [-0.4, -0.2) is 30.8 Å². The monoisotopic (exact) mass is 392 g/mol. The number of nitrogens with one attached hydrogen (secondary N) is 2. The number of piperidine rings is 1. The molecule has 6 rings (SSSR count). The molecule has 2 unspecified atom stereocenters. The van der Waals surface area contributed by atoms with E-state index in [1.165, 1.54) is 25.7 Å². The molecular formula is C24H28N2O3. The number of ether oxygens (including phenoxy) is 2. The minimum absolute atomic E-state index is 0.0164. The summed E-state index contributed by atoms with van der Waals surface area (Å²) in [4.78, 5) is 13.0. The molecule has 152 valence electrons. The molecule has 2 spiro atoms. The molecule has 1 saturated carbocycles. The van der Waals surface area contributed by atoms with Crippen molar-refractivity contribution in [3.63, 3.8) is 0 Å². The summed E-state index contributed by atoms with van der Waals surface area (Å²) < 4.78 is 12.1. The van der Waals surface area contributed by atoms with Gasteiger partial charge in [0.15, 0.2) is 5.72 Å². The molecule has 0 aromatic heterocycles. The lowest BCUT2D eigenvalue weighted by atomic mass is 9.64. The van der Waals surface area contributed by atoms with Crippen molar-refractivity contribution in [3.05, 3.63) is 35.9 Å². The van der Waals surface area contributed by atoms with Crippen LogP contribution in [0.5, 0.6) is 11.5 Å². The van der Waals surface area contributed by atoms with Crippen LogP contribution in [0, 0.1) is 5.41 Å². The molecule has 3 heterocycles. The van der Waals surface area contributed by atoms with Gasteiger partial charge in [0, 0.05) is 30.3 Å². The van der Waals surface area contributed by atoms with E-state index in [0.29, 0.717) is 28.8 Å². The first-order chi connectivity index (χ1) is 14.1. The van der Waals surface area contributed by atoms with Crippen molar-refractivity contribution in [1.82, 2.24) is 10.6 Å². The lowest BCUT2D eigenvalue weighted by molar-refractivity contribution is -0.0509. The quantitative estimate of drug-likeness (QED) is 0.766. The van der Waals surface area contributed by atoms with Gasteiger partial charge in [0.1, 0.15) is 11.5 Å². The molecule has 3 fully saturated rings. The Morgan fingerprint density at radius 1 is 1.03 bits per heavy atom. The van der Waals surface area contributed by atoms with Gasteiger partial charge in [0.2, 0.25) is 0 Å². The van der Waals surface area contributed by atoms with Crippen molar-refractivity contribution >= 4 is 16.7 Å². The number of carbonyl (C=O) groups excluding carboxylic acids is 1. The SMILES string of the molecule is COc1ccc2ccc3c(c2c1)OC1(CCC2(CC1)CC1CCC(C2)N1)NC3=O. The molecule has 3 aliphatic heterocycles. The summed E-state index contributed by atoms with van der Waals surface area (Å²) in [6.45, 7) is 0. The molecule has 1 aliphatic carbocycles. The maximum atomic E-state index is 13.0. The van der Waals surface area contributed by atoms with Crippen LogP contribution >= 0.6 is 0 Å². The van der Waals surface area contributed by atoms with E-state index in [2.05, 4.69) is 10.6 Å². The molecule has 5 nitrogen and oxygen atoms in total. The zero-order valence-corrected chi connectivity index (χ0v) is 16.9. The molecule has 2 aromatic rings. The van der Waals surface area contributed by atoms with Crippen molar-refractivity contribution in [2.75, 3.05) is 7.11 Å². The maximum absolute atomic E-state index is 13.0. The number of carbonyl (C=O) groups is 1. The largest absolute Gasteiger partial charge is 0.497 e. The first kappa shape index (κ1) is 17.6. The van der Waals surface area contributed by atoms with Crippen LogP contribution in [0.2, 0.25) is 0 Å². The topological polar surface area (TPSA) is 59.6 Å². The molecule has 1 amide bonds. The third kappa shape index (κ3) is 2.74. The lowest BCUT2D eigenvalue weighted by Crippen LogP contribution is -2.60. The Bertz CT molecular complexity index is 979. The molecule has 2 N–H and O–H groups in total. The van der Waals surface area contributed by atoms with Gasteiger partial charge in [-0.05, 0) is 67.5 Å². The number of methoxy groups -OCH3 is 1. The Morgan fingerprint density at radius 2 is 1.76 bits per heavy atom. The van der Waals surface area contributed by atoms with Gasteiger partial charge in [0.25, 0.3) is 5.91 Å². The first-order valence-corrected chi connectivity index (χ1v) is 11.0. The number of hydrogen-bond donors (Lipinski definition) is 2. The van der Waals surface area contributed by atoms with E-state index in [4.69, 9.17) is 9.47 Å². The Hall–Kier alpha value is -2.27. The predicted molar refractivity (Wildman–Crippen MR) is 111 cm³/mol. The smallest absolute Gasteiger partial charge is 0.258 e. The molecule has 5 heteroatoms. The standard InChI is InChI=1S/C24H28N2O3/c1-28-18-6-2-15-3-7-19-21(20(15)12-18)29-24(26-22(19)27)10-8-23(9-11-24)13-16-4-5-17(14-23)25-16/h2-3,6-7,12,16-17,25H,4-5,8-11,13-14H2,1H3,(H,26,27). The molecular weight excluding hydrogens is 364 g/mol. The van der Waals surface area contributed by atoms with Gasteiger partial charge in [-0.3, -0.25) is 4.79 Å². The van der Waals surface area contributed by atoms with Crippen LogP contribution < -0.4 is 20.1 Å². The second-order valence-electron chi connectivity index (χ2n) is 9.63. The molecule has 2 saturated heterocycles.